The molecule has 6 nitrogen and oxygen atoms in total. The lowest BCUT2D eigenvalue weighted by molar-refractivity contribution is -0.121. The average Bonchev–Trinajstić information content (AvgIpc) is 2.76. The molecule has 0 spiro atoms. The Morgan fingerprint density at radius 2 is 1.87 bits per heavy atom. The monoisotopic (exact) mass is 413 g/mol. The fourth-order valence-corrected chi connectivity index (χ4v) is 4.52. The number of fused-ring (bicyclic) bond motifs is 1. The molecule has 2 N–H and O–H groups in total. The molecule has 166 valence electrons. The standard InChI is InChI=1S/C24H39N5O/c1-5-26-23(28-13-10-19(11-14-28)16-22(30)25-4)27-18-24(2,3)29-15-12-20-8-6-7-9-21(20)17-29/h6-9,19H,5,10-18H2,1-4H3,(H,25,30)(H,26,27). The van der Waals surface area contributed by atoms with Gasteiger partial charge in [-0.1, -0.05) is 24.3 Å². The Labute approximate surface area is 182 Å². The second-order valence-corrected chi connectivity index (χ2v) is 9.23. The van der Waals surface area contributed by atoms with E-state index in [4.69, 9.17) is 4.99 Å². The minimum atomic E-state index is 0.00569. The molecule has 0 saturated carbocycles. The van der Waals surface area contributed by atoms with Gasteiger partial charge in [-0.15, -0.1) is 0 Å². The maximum absolute atomic E-state index is 11.7. The van der Waals surface area contributed by atoms with E-state index in [0.717, 1.165) is 64.5 Å². The molecule has 2 aliphatic heterocycles. The Bertz CT molecular complexity index is 737. The number of hydrogen-bond acceptors (Lipinski definition) is 3. The molecule has 1 fully saturated rings. The number of nitrogens with one attached hydrogen (secondary N) is 2. The van der Waals surface area contributed by atoms with E-state index in [1.54, 1.807) is 7.05 Å². The van der Waals surface area contributed by atoms with Crippen LogP contribution in [0.3, 0.4) is 0 Å². The summed E-state index contributed by atoms with van der Waals surface area (Å²) in [5.41, 5.74) is 2.94. The van der Waals surface area contributed by atoms with Crippen molar-refractivity contribution in [3.8, 4) is 0 Å². The van der Waals surface area contributed by atoms with E-state index in [-0.39, 0.29) is 11.4 Å². The first-order valence-corrected chi connectivity index (χ1v) is 11.5. The van der Waals surface area contributed by atoms with Crippen molar-refractivity contribution in [3.63, 3.8) is 0 Å². The summed E-state index contributed by atoms with van der Waals surface area (Å²) in [6.07, 6.45) is 3.85. The predicted molar refractivity (Wildman–Crippen MR) is 124 cm³/mol. The van der Waals surface area contributed by atoms with Crippen molar-refractivity contribution >= 4 is 11.9 Å². The van der Waals surface area contributed by atoms with E-state index in [0.29, 0.717) is 12.3 Å². The summed E-state index contributed by atoms with van der Waals surface area (Å²) in [5, 5.41) is 6.24. The summed E-state index contributed by atoms with van der Waals surface area (Å²) in [6.45, 7) is 12.4. The molecule has 2 heterocycles. The summed E-state index contributed by atoms with van der Waals surface area (Å²) in [6, 6.07) is 8.80. The van der Waals surface area contributed by atoms with Crippen molar-refractivity contribution in [2.45, 2.75) is 58.5 Å². The van der Waals surface area contributed by atoms with E-state index >= 15 is 0 Å². The molecule has 1 aromatic rings. The van der Waals surface area contributed by atoms with Crippen LogP contribution in [0, 0.1) is 5.92 Å². The first kappa shape index (κ1) is 22.6. The highest BCUT2D eigenvalue weighted by Gasteiger charge is 2.30. The molecule has 0 bridgehead atoms. The van der Waals surface area contributed by atoms with Crippen LogP contribution < -0.4 is 10.6 Å². The first-order valence-electron chi connectivity index (χ1n) is 11.5. The van der Waals surface area contributed by atoms with Crippen LogP contribution in [0.1, 0.15) is 51.2 Å². The Hall–Kier alpha value is -2.08. The van der Waals surface area contributed by atoms with Gasteiger partial charge in [0.1, 0.15) is 0 Å². The summed E-state index contributed by atoms with van der Waals surface area (Å²) in [4.78, 5) is 21.7. The lowest BCUT2D eigenvalue weighted by atomic mass is 9.93. The van der Waals surface area contributed by atoms with Crippen molar-refractivity contribution in [2.75, 3.05) is 39.8 Å². The van der Waals surface area contributed by atoms with Gasteiger partial charge in [0.25, 0.3) is 0 Å². The number of carbonyl (C=O) groups is 1. The lowest BCUT2D eigenvalue weighted by Crippen LogP contribution is -2.50. The number of rotatable bonds is 6. The molecule has 6 heteroatoms. The van der Waals surface area contributed by atoms with Crippen LogP contribution in [0.2, 0.25) is 0 Å². The van der Waals surface area contributed by atoms with Crippen molar-refractivity contribution in [1.82, 2.24) is 20.4 Å². The average molecular weight is 414 g/mol. The fourth-order valence-electron chi connectivity index (χ4n) is 4.52. The van der Waals surface area contributed by atoms with Crippen molar-refractivity contribution in [3.05, 3.63) is 35.4 Å². The van der Waals surface area contributed by atoms with Crippen molar-refractivity contribution in [1.29, 1.82) is 0 Å². The minimum absolute atomic E-state index is 0.00569. The summed E-state index contributed by atoms with van der Waals surface area (Å²) >= 11 is 0. The molecule has 2 aliphatic rings. The molecule has 0 aromatic heterocycles. The van der Waals surface area contributed by atoms with Gasteiger partial charge in [0.2, 0.25) is 5.91 Å². The topological polar surface area (TPSA) is 60.0 Å². The molecular formula is C24H39N5O. The van der Waals surface area contributed by atoms with E-state index in [1.807, 2.05) is 0 Å². The quantitative estimate of drug-likeness (QED) is 0.556. The van der Waals surface area contributed by atoms with E-state index in [9.17, 15) is 4.79 Å². The molecule has 30 heavy (non-hydrogen) atoms. The first-order chi connectivity index (χ1) is 14.4. The minimum Gasteiger partial charge on any atom is -0.359 e. The van der Waals surface area contributed by atoms with Crippen LogP contribution in [-0.2, 0) is 17.8 Å². The highest BCUT2D eigenvalue weighted by Crippen LogP contribution is 2.26. The summed E-state index contributed by atoms with van der Waals surface area (Å²) in [7, 11) is 1.72. The van der Waals surface area contributed by atoms with Gasteiger partial charge in [0, 0.05) is 51.7 Å². The highest BCUT2D eigenvalue weighted by atomic mass is 16.1. The number of likely N-dealkylation sites (tertiary alicyclic amines) is 1. The molecule has 1 aromatic carbocycles. The lowest BCUT2D eigenvalue weighted by Gasteiger charge is -2.41. The van der Waals surface area contributed by atoms with Gasteiger partial charge in [-0.3, -0.25) is 14.7 Å². The molecule has 1 saturated heterocycles. The Morgan fingerprint density at radius 1 is 1.17 bits per heavy atom. The number of amides is 1. The second-order valence-electron chi connectivity index (χ2n) is 9.23. The Morgan fingerprint density at radius 3 is 2.53 bits per heavy atom. The third-order valence-corrected chi connectivity index (χ3v) is 6.60. The summed E-state index contributed by atoms with van der Waals surface area (Å²) in [5.74, 6) is 1.65. The molecular weight excluding hydrogens is 374 g/mol. The summed E-state index contributed by atoms with van der Waals surface area (Å²) < 4.78 is 0. The molecule has 0 radical (unpaired) electrons. The van der Waals surface area contributed by atoms with Crippen LogP contribution in [0.4, 0.5) is 0 Å². The zero-order valence-corrected chi connectivity index (χ0v) is 19.2. The SMILES string of the molecule is CCNC(=NCC(C)(C)N1CCc2ccccc2C1)N1CCC(CC(=O)NC)CC1. The third-order valence-electron chi connectivity index (χ3n) is 6.60. The molecule has 0 unspecified atom stereocenters. The van der Waals surface area contributed by atoms with Gasteiger partial charge in [-0.2, -0.15) is 0 Å². The van der Waals surface area contributed by atoms with Gasteiger partial charge in [-0.25, -0.2) is 0 Å². The number of carbonyl (C=O) groups excluding carboxylic acids is 1. The van der Waals surface area contributed by atoms with E-state index in [1.165, 1.54) is 11.1 Å². The van der Waals surface area contributed by atoms with Gasteiger partial charge < -0.3 is 15.5 Å². The smallest absolute Gasteiger partial charge is 0.220 e. The third kappa shape index (κ3) is 5.75. The largest absolute Gasteiger partial charge is 0.359 e. The van der Waals surface area contributed by atoms with Crippen molar-refractivity contribution in [2.24, 2.45) is 10.9 Å². The van der Waals surface area contributed by atoms with Crippen LogP contribution >= 0.6 is 0 Å². The van der Waals surface area contributed by atoms with Crippen LogP contribution in [-0.4, -0.2) is 67.0 Å². The van der Waals surface area contributed by atoms with E-state index in [2.05, 4.69) is 65.5 Å². The number of benzene rings is 1. The van der Waals surface area contributed by atoms with Gasteiger partial charge >= 0.3 is 0 Å². The van der Waals surface area contributed by atoms with Gasteiger partial charge in [0.15, 0.2) is 5.96 Å². The second kappa shape index (κ2) is 10.3. The number of guanidine groups is 1. The van der Waals surface area contributed by atoms with Crippen LogP contribution in [0.25, 0.3) is 0 Å². The Balaban J connectivity index is 1.59. The predicted octanol–water partition coefficient (Wildman–Crippen LogP) is 2.64. The number of hydrogen-bond donors (Lipinski definition) is 2. The maximum Gasteiger partial charge on any atom is 0.220 e. The maximum atomic E-state index is 11.7. The molecule has 0 atom stereocenters. The van der Waals surface area contributed by atoms with Crippen molar-refractivity contribution < 1.29 is 4.79 Å². The zero-order chi connectivity index (χ0) is 21.6. The van der Waals surface area contributed by atoms with Crippen LogP contribution in [0.5, 0.6) is 0 Å². The van der Waals surface area contributed by atoms with E-state index < -0.39 is 0 Å². The number of piperidine rings is 1. The normalized spacial score (nSPS) is 18.8. The highest BCUT2D eigenvalue weighted by molar-refractivity contribution is 5.80. The molecule has 0 aliphatic carbocycles. The number of nitrogens with zero attached hydrogens (tertiary/aromatic N) is 3. The molecule has 3 rings (SSSR count). The number of aliphatic imine (C=N–C) groups is 1. The van der Waals surface area contributed by atoms with Crippen LogP contribution in [0.15, 0.2) is 29.3 Å². The van der Waals surface area contributed by atoms with Gasteiger partial charge in [0.05, 0.1) is 6.54 Å². The fraction of sp³-hybridized carbons (Fsp3) is 0.667. The molecule has 1 amide bonds. The Kier molecular flexibility index (Phi) is 7.75. The van der Waals surface area contributed by atoms with Gasteiger partial charge in [-0.05, 0) is 57.1 Å². The zero-order valence-electron chi connectivity index (χ0n) is 19.2.